The summed E-state index contributed by atoms with van der Waals surface area (Å²) in [4.78, 5) is 29.8. The van der Waals surface area contributed by atoms with E-state index in [0.717, 1.165) is 18.5 Å². The fraction of sp³-hybridized carbons (Fsp3) is 0.190. The number of halogens is 1. The summed E-state index contributed by atoms with van der Waals surface area (Å²) in [6, 6.07) is 15.0. The molecular weight excluding hydrogens is 359 g/mol. The van der Waals surface area contributed by atoms with E-state index in [9.17, 15) is 14.0 Å². The van der Waals surface area contributed by atoms with Crippen molar-refractivity contribution in [2.24, 2.45) is 0 Å². The fourth-order valence-corrected chi connectivity index (χ4v) is 3.35. The molecule has 0 fully saturated rings. The largest absolute Gasteiger partial charge is 0.323 e. The molecule has 0 unspecified atom stereocenters. The Balaban J connectivity index is 1.64. The van der Waals surface area contributed by atoms with E-state index in [2.05, 4.69) is 15.6 Å². The number of imidazole rings is 1. The second-order valence-corrected chi connectivity index (χ2v) is 6.59. The van der Waals surface area contributed by atoms with Crippen molar-refractivity contribution in [2.45, 2.75) is 25.8 Å². The Labute approximate surface area is 161 Å². The van der Waals surface area contributed by atoms with Gasteiger partial charge in [-0.15, -0.1) is 0 Å². The number of amides is 2. The molecule has 2 amide bonds. The lowest BCUT2D eigenvalue weighted by molar-refractivity contribution is 0.101. The molecule has 0 aliphatic carbocycles. The van der Waals surface area contributed by atoms with Crippen LogP contribution < -0.4 is 10.6 Å². The van der Waals surface area contributed by atoms with Crippen LogP contribution >= 0.6 is 0 Å². The third-order valence-electron chi connectivity index (χ3n) is 4.69. The number of rotatable bonds is 4. The van der Waals surface area contributed by atoms with Crippen molar-refractivity contribution in [2.75, 3.05) is 10.6 Å². The van der Waals surface area contributed by atoms with Gasteiger partial charge in [-0.2, -0.15) is 0 Å². The Morgan fingerprint density at radius 1 is 0.929 bits per heavy atom. The lowest BCUT2D eigenvalue weighted by Gasteiger charge is -2.17. The topological polar surface area (TPSA) is 76.0 Å². The highest BCUT2D eigenvalue weighted by Crippen LogP contribution is 2.23. The first-order valence-corrected chi connectivity index (χ1v) is 9.15. The maximum Gasteiger partial charge on any atom is 0.291 e. The normalized spacial score (nSPS) is 12.9. The first-order valence-electron chi connectivity index (χ1n) is 9.15. The predicted octanol–water partition coefficient (Wildman–Crippen LogP) is 3.86. The number of aromatic nitrogens is 2. The van der Waals surface area contributed by atoms with E-state index >= 15 is 0 Å². The SMILES string of the molecule is O=C(Nc1ccccc1)c1nc(C(=O)Nc2ccccc2F)n2c1CCCC2. The van der Waals surface area contributed by atoms with Gasteiger partial charge in [0.25, 0.3) is 11.8 Å². The standard InChI is InChI=1S/C21H19FN4O2/c22-15-10-4-5-11-16(15)24-21(28)19-25-18(17-12-6-7-13-26(17)19)20(27)23-14-8-2-1-3-9-14/h1-5,8-11H,6-7,12-13H2,(H,23,27)(H,24,28). The number of carbonyl (C=O) groups excluding carboxylic acids is 2. The molecule has 2 heterocycles. The number of nitrogens with zero attached hydrogens (tertiary/aromatic N) is 2. The van der Waals surface area contributed by atoms with Gasteiger partial charge in [0.15, 0.2) is 11.5 Å². The van der Waals surface area contributed by atoms with Gasteiger partial charge in [-0.05, 0) is 43.5 Å². The van der Waals surface area contributed by atoms with Gasteiger partial charge < -0.3 is 15.2 Å². The Morgan fingerprint density at radius 3 is 2.46 bits per heavy atom. The second kappa shape index (κ2) is 7.64. The molecule has 142 valence electrons. The van der Waals surface area contributed by atoms with Gasteiger partial charge in [0.2, 0.25) is 0 Å². The smallest absolute Gasteiger partial charge is 0.291 e. The van der Waals surface area contributed by atoms with E-state index in [-0.39, 0.29) is 23.1 Å². The molecule has 0 spiro atoms. The highest BCUT2D eigenvalue weighted by atomic mass is 19.1. The molecule has 0 saturated carbocycles. The van der Waals surface area contributed by atoms with Crippen molar-refractivity contribution in [1.29, 1.82) is 0 Å². The zero-order valence-corrected chi connectivity index (χ0v) is 15.1. The van der Waals surface area contributed by atoms with Gasteiger partial charge in [-0.3, -0.25) is 9.59 Å². The number of carbonyl (C=O) groups is 2. The monoisotopic (exact) mass is 378 g/mol. The Kier molecular flexibility index (Phi) is 4.89. The zero-order chi connectivity index (χ0) is 19.5. The Morgan fingerprint density at radius 2 is 1.68 bits per heavy atom. The summed E-state index contributed by atoms with van der Waals surface area (Å²) in [6.07, 6.45) is 2.48. The summed E-state index contributed by atoms with van der Waals surface area (Å²) in [5, 5.41) is 5.36. The number of nitrogens with one attached hydrogen (secondary N) is 2. The maximum absolute atomic E-state index is 13.9. The molecule has 1 aliphatic heterocycles. The van der Waals surface area contributed by atoms with E-state index in [4.69, 9.17) is 0 Å². The van der Waals surface area contributed by atoms with Crippen LogP contribution in [0.2, 0.25) is 0 Å². The van der Waals surface area contributed by atoms with Crippen LogP contribution in [0.5, 0.6) is 0 Å². The van der Waals surface area contributed by atoms with Gasteiger partial charge in [-0.25, -0.2) is 9.37 Å². The van der Waals surface area contributed by atoms with E-state index in [1.165, 1.54) is 12.1 Å². The van der Waals surface area contributed by atoms with Crippen molar-refractivity contribution in [3.8, 4) is 0 Å². The number of anilines is 2. The molecule has 3 aromatic rings. The van der Waals surface area contributed by atoms with E-state index in [1.807, 2.05) is 18.2 Å². The molecule has 0 radical (unpaired) electrons. The van der Waals surface area contributed by atoms with E-state index in [1.54, 1.807) is 28.8 Å². The highest BCUT2D eigenvalue weighted by Gasteiger charge is 2.27. The van der Waals surface area contributed by atoms with E-state index < -0.39 is 11.7 Å². The lowest BCUT2D eigenvalue weighted by Crippen LogP contribution is -2.21. The van der Waals surface area contributed by atoms with E-state index in [0.29, 0.717) is 18.7 Å². The minimum Gasteiger partial charge on any atom is -0.323 e. The number of hydrogen-bond donors (Lipinski definition) is 2. The number of benzene rings is 2. The number of fused-ring (bicyclic) bond motifs is 1. The van der Waals surface area contributed by atoms with Crippen LogP contribution in [0.3, 0.4) is 0 Å². The summed E-state index contributed by atoms with van der Waals surface area (Å²) in [6.45, 7) is 0.598. The van der Waals surface area contributed by atoms with Crippen LogP contribution in [0, 0.1) is 5.82 Å². The summed E-state index contributed by atoms with van der Waals surface area (Å²) in [5.74, 6) is -1.30. The highest BCUT2D eigenvalue weighted by molar-refractivity contribution is 6.07. The van der Waals surface area contributed by atoms with Gasteiger partial charge in [0.05, 0.1) is 11.4 Å². The quantitative estimate of drug-likeness (QED) is 0.724. The summed E-state index contributed by atoms with van der Waals surface area (Å²) < 4.78 is 15.6. The molecule has 7 heteroatoms. The van der Waals surface area contributed by atoms with Crippen LogP contribution in [0.4, 0.5) is 15.8 Å². The minimum absolute atomic E-state index is 0.0796. The van der Waals surface area contributed by atoms with Gasteiger partial charge >= 0.3 is 0 Å². The molecule has 0 bridgehead atoms. The van der Waals surface area contributed by atoms with Crippen molar-refractivity contribution >= 4 is 23.2 Å². The van der Waals surface area contributed by atoms with Crippen molar-refractivity contribution in [3.05, 3.63) is 77.6 Å². The summed E-state index contributed by atoms with van der Waals surface area (Å²) >= 11 is 0. The Hall–Kier alpha value is -3.48. The molecule has 4 rings (SSSR count). The van der Waals surface area contributed by atoms with Gasteiger partial charge in [-0.1, -0.05) is 30.3 Å². The second-order valence-electron chi connectivity index (χ2n) is 6.59. The van der Waals surface area contributed by atoms with Gasteiger partial charge in [0.1, 0.15) is 5.82 Å². The lowest BCUT2D eigenvalue weighted by atomic mass is 10.1. The maximum atomic E-state index is 13.9. The predicted molar refractivity (Wildman–Crippen MR) is 104 cm³/mol. The molecule has 28 heavy (non-hydrogen) atoms. The summed E-state index contributed by atoms with van der Waals surface area (Å²) in [7, 11) is 0. The molecule has 2 aromatic carbocycles. The third-order valence-corrected chi connectivity index (χ3v) is 4.69. The zero-order valence-electron chi connectivity index (χ0n) is 15.1. The molecule has 1 aromatic heterocycles. The van der Waals surface area contributed by atoms with Crippen LogP contribution in [0.1, 0.15) is 39.6 Å². The average Bonchev–Trinajstić information content (AvgIpc) is 3.10. The molecule has 6 nitrogen and oxygen atoms in total. The van der Waals surface area contributed by atoms with Crippen LogP contribution in [0.15, 0.2) is 54.6 Å². The Bertz CT molecular complexity index is 1030. The molecule has 1 aliphatic rings. The number of para-hydroxylation sites is 2. The first-order chi connectivity index (χ1) is 13.6. The van der Waals surface area contributed by atoms with Gasteiger partial charge in [0, 0.05) is 12.2 Å². The molecule has 0 saturated heterocycles. The van der Waals surface area contributed by atoms with Crippen molar-refractivity contribution < 1.29 is 14.0 Å². The number of hydrogen-bond acceptors (Lipinski definition) is 3. The first kappa shape index (κ1) is 17.9. The minimum atomic E-state index is -0.535. The molecule has 2 N–H and O–H groups in total. The van der Waals surface area contributed by atoms with Crippen LogP contribution in [-0.2, 0) is 13.0 Å². The summed E-state index contributed by atoms with van der Waals surface area (Å²) in [5.41, 5.74) is 1.71. The van der Waals surface area contributed by atoms with Crippen LogP contribution in [0.25, 0.3) is 0 Å². The third kappa shape index (κ3) is 3.51. The van der Waals surface area contributed by atoms with Crippen LogP contribution in [-0.4, -0.2) is 21.4 Å². The average molecular weight is 378 g/mol. The van der Waals surface area contributed by atoms with Crippen molar-refractivity contribution in [1.82, 2.24) is 9.55 Å². The molecule has 0 atom stereocenters. The van der Waals surface area contributed by atoms with Crippen molar-refractivity contribution in [3.63, 3.8) is 0 Å². The molecular formula is C21H19FN4O2. The fourth-order valence-electron chi connectivity index (χ4n) is 3.35.